The molecule has 0 radical (unpaired) electrons. The average molecular weight is 213 g/mol. The van der Waals surface area contributed by atoms with Gasteiger partial charge in [-0.3, -0.25) is 0 Å². The molecule has 0 bridgehead atoms. The van der Waals surface area contributed by atoms with Crippen LogP contribution in [-0.2, 0) is 0 Å². The van der Waals surface area contributed by atoms with Gasteiger partial charge in [-0.15, -0.1) is 6.58 Å². The van der Waals surface area contributed by atoms with Gasteiger partial charge in [0.2, 0.25) is 0 Å². The summed E-state index contributed by atoms with van der Waals surface area (Å²) in [6, 6.07) is 0.807. The summed E-state index contributed by atoms with van der Waals surface area (Å²) in [5, 5.41) is 3.67. The van der Waals surface area contributed by atoms with E-state index in [2.05, 4.69) is 11.9 Å². The average Bonchev–Trinajstić information content (AvgIpc) is 2.46. The van der Waals surface area contributed by atoms with Gasteiger partial charge in [0.25, 0.3) is 0 Å². The molecule has 0 aromatic carbocycles. The highest BCUT2D eigenvalue weighted by atomic mass is 32.2. The zero-order chi connectivity index (χ0) is 10.1. The van der Waals surface area contributed by atoms with Gasteiger partial charge in [0.05, 0.1) is 0 Å². The fraction of sp³-hybridized carbons (Fsp3) is 0.833. The molecular formula is C12H23NS. The molecule has 0 spiro atoms. The minimum atomic E-state index is 0.807. The molecule has 0 saturated heterocycles. The Hall–Kier alpha value is 0.0500. The largest absolute Gasteiger partial charge is 0.313 e. The Balaban J connectivity index is 1.96. The Labute approximate surface area is 92.7 Å². The molecule has 0 unspecified atom stereocenters. The Morgan fingerprint density at radius 1 is 1.21 bits per heavy atom. The molecule has 1 fully saturated rings. The van der Waals surface area contributed by atoms with E-state index < -0.39 is 0 Å². The smallest absolute Gasteiger partial charge is 0.0111 e. The molecule has 0 aromatic heterocycles. The van der Waals surface area contributed by atoms with E-state index >= 15 is 0 Å². The van der Waals surface area contributed by atoms with E-state index in [4.69, 9.17) is 0 Å². The minimum absolute atomic E-state index is 0.807. The van der Waals surface area contributed by atoms with E-state index in [1.54, 1.807) is 0 Å². The van der Waals surface area contributed by atoms with Gasteiger partial charge in [0, 0.05) is 24.1 Å². The van der Waals surface area contributed by atoms with Gasteiger partial charge in [-0.1, -0.05) is 31.8 Å². The molecule has 0 heterocycles. The second-order valence-electron chi connectivity index (χ2n) is 4.01. The van der Waals surface area contributed by atoms with E-state index in [9.17, 15) is 0 Å². The van der Waals surface area contributed by atoms with Crippen LogP contribution in [0.15, 0.2) is 12.7 Å². The van der Waals surface area contributed by atoms with Gasteiger partial charge in [-0.2, -0.15) is 11.8 Å². The molecule has 82 valence electrons. The maximum atomic E-state index is 3.72. The van der Waals surface area contributed by atoms with E-state index in [0.717, 1.165) is 11.8 Å². The van der Waals surface area contributed by atoms with Crippen molar-refractivity contribution in [3.8, 4) is 0 Å². The lowest BCUT2D eigenvalue weighted by molar-refractivity contribution is 0.474. The standard InChI is InChI=1S/C12H23NS/c1-2-10-14-11-9-13-12-7-5-3-4-6-8-12/h2,12-13H,1,3-11H2. The fourth-order valence-electron chi connectivity index (χ4n) is 1.99. The summed E-state index contributed by atoms with van der Waals surface area (Å²) in [4.78, 5) is 0. The van der Waals surface area contributed by atoms with Crippen LogP contribution in [0.25, 0.3) is 0 Å². The van der Waals surface area contributed by atoms with E-state index in [0.29, 0.717) is 0 Å². The third-order valence-electron chi connectivity index (χ3n) is 2.77. The molecule has 14 heavy (non-hydrogen) atoms. The first-order valence-electron chi connectivity index (χ1n) is 5.85. The van der Waals surface area contributed by atoms with Gasteiger partial charge in [-0.05, 0) is 12.8 Å². The Morgan fingerprint density at radius 3 is 2.57 bits per heavy atom. The molecule has 1 nitrogen and oxygen atoms in total. The molecule has 0 aromatic rings. The van der Waals surface area contributed by atoms with Crippen LogP contribution in [0.1, 0.15) is 38.5 Å². The van der Waals surface area contributed by atoms with Crippen molar-refractivity contribution >= 4 is 11.8 Å². The quantitative estimate of drug-likeness (QED) is 0.413. The van der Waals surface area contributed by atoms with Crippen LogP contribution in [0, 0.1) is 0 Å². The number of nitrogens with one attached hydrogen (secondary N) is 1. The van der Waals surface area contributed by atoms with Gasteiger partial charge >= 0.3 is 0 Å². The number of rotatable bonds is 6. The second kappa shape index (κ2) is 8.37. The zero-order valence-electron chi connectivity index (χ0n) is 9.13. The van der Waals surface area contributed by atoms with Crippen molar-refractivity contribution in [3.05, 3.63) is 12.7 Å². The normalized spacial score (nSPS) is 19.1. The summed E-state index contributed by atoms with van der Waals surface area (Å²) in [5.74, 6) is 2.31. The minimum Gasteiger partial charge on any atom is -0.313 e. The van der Waals surface area contributed by atoms with Crippen LogP contribution in [-0.4, -0.2) is 24.1 Å². The molecule has 1 aliphatic rings. The molecule has 0 atom stereocenters. The SMILES string of the molecule is C=CCSCCNC1CCCCCC1. The Morgan fingerprint density at radius 2 is 1.93 bits per heavy atom. The molecule has 1 aliphatic carbocycles. The van der Waals surface area contributed by atoms with Crippen molar-refractivity contribution in [3.63, 3.8) is 0 Å². The van der Waals surface area contributed by atoms with Crippen LogP contribution >= 0.6 is 11.8 Å². The Bertz CT molecular complexity index is 139. The topological polar surface area (TPSA) is 12.0 Å². The summed E-state index contributed by atoms with van der Waals surface area (Å²) >= 11 is 1.97. The first-order valence-corrected chi connectivity index (χ1v) is 7.01. The van der Waals surface area contributed by atoms with Gasteiger partial charge in [0.1, 0.15) is 0 Å². The summed E-state index contributed by atoms with van der Waals surface area (Å²) < 4.78 is 0. The maximum Gasteiger partial charge on any atom is 0.0111 e. The first kappa shape index (κ1) is 12.1. The van der Waals surface area contributed by atoms with E-state index in [1.165, 1.54) is 50.8 Å². The third-order valence-corrected chi connectivity index (χ3v) is 3.73. The monoisotopic (exact) mass is 213 g/mol. The molecule has 0 aliphatic heterocycles. The van der Waals surface area contributed by atoms with Crippen molar-refractivity contribution in [2.45, 2.75) is 44.6 Å². The van der Waals surface area contributed by atoms with Gasteiger partial charge in [0.15, 0.2) is 0 Å². The van der Waals surface area contributed by atoms with Gasteiger partial charge < -0.3 is 5.32 Å². The zero-order valence-corrected chi connectivity index (χ0v) is 9.95. The lowest BCUT2D eigenvalue weighted by Crippen LogP contribution is -2.30. The van der Waals surface area contributed by atoms with E-state index in [-0.39, 0.29) is 0 Å². The summed E-state index contributed by atoms with van der Waals surface area (Å²) in [5.41, 5.74) is 0. The molecule has 1 saturated carbocycles. The summed E-state index contributed by atoms with van der Waals surface area (Å²) in [6.45, 7) is 4.89. The van der Waals surface area contributed by atoms with Crippen molar-refractivity contribution in [2.75, 3.05) is 18.1 Å². The number of thioether (sulfide) groups is 1. The lowest BCUT2D eigenvalue weighted by atomic mass is 10.1. The van der Waals surface area contributed by atoms with Crippen LogP contribution < -0.4 is 5.32 Å². The van der Waals surface area contributed by atoms with Crippen molar-refractivity contribution < 1.29 is 0 Å². The number of hydrogen-bond donors (Lipinski definition) is 1. The summed E-state index contributed by atoms with van der Waals surface area (Å²) in [6.07, 6.45) is 10.5. The summed E-state index contributed by atoms with van der Waals surface area (Å²) in [7, 11) is 0. The molecule has 0 amide bonds. The molecular weight excluding hydrogens is 190 g/mol. The Kier molecular flexibility index (Phi) is 7.24. The fourth-order valence-corrected chi connectivity index (χ4v) is 2.58. The van der Waals surface area contributed by atoms with Crippen LogP contribution in [0.4, 0.5) is 0 Å². The lowest BCUT2D eigenvalue weighted by Gasteiger charge is -2.15. The van der Waals surface area contributed by atoms with Crippen molar-refractivity contribution in [1.29, 1.82) is 0 Å². The van der Waals surface area contributed by atoms with Crippen LogP contribution in [0.3, 0.4) is 0 Å². The maximum absolute atomic E-state index is 3.72. The van der Waals surface area contributed by atoms with Crippen molar-refractivity contribution in [2.24, 2.45) is 0 Å². The highest BCUT2D eigenvalue weighted by molar-refractivity contribution is 7.99. The molecule has 1 rings (SSSR count). The molecule has 2 heteroatoms. The highest BCUT2D eigenvalue weighted by Crippen LogP contribution is 2.17. The number of hydrogen-bond acceptors (Lipinski definition) is 2. The first-order chi connectivity index (χ1) is 6.93. The predicted octanol–water partition coefficient (Wildman–Crippen LogP) is 3.22. The van der Waals surface area contributed by atoms with Gasteiger partial charge in [-0.25, -0.2) is 0 Å². The highest BCUT2D eigenvalue weighted by Gasteiger charge is 2.10. The van der Waals surface area contributed by atoms with Crippen molar-refractivity contribution in [1.82, 2.24) is 5.32 Å². The van der Waals surface area contributed by atoms with Crippen LogP contribution in [0.5, 0.6) is 0 Å². The second-order valence-corrected chi connectivity index (χ2v) is 5.16. The van der Waals surface area contributed by atoms with E-state index in [1.807, 2.05) is 17.8 Å². The molecule has 1 N–H and O–H groups in total. The van der Waals surface area contributed by atoms with Crippen LogP contribution in [0.2, 0.25) is 0 Å². The predicted molar refractivity (Wildman–Crippen MR) is 67.0 cm³/mol. The third kappa shape index (κ3) is 5.71.